The summed E-state index contributed by atoms with van der Waals surface area (Å²) >= 11 is 0. The standard InChI is InChI=1S/C25H26N6O/c1-15-20(17-10-7-11-18(23(26)32)21(17)29-15)24-30-19-12-5-6-13-27-22(19)25(31-24)28-14-16-8-3-2-4-9-16/h2-13,24-25,27-31H,14H2,1H3,(H2,26,32). The molecule has 2 unspecified atom stereocenters. The number of nitrogens with one attached hydrogen (secondary N) is 5. The monoisotopic (exact) mass is 426 g/mol. The molecule has 0 spiro atoms. The van der Waals surface area contributed by atoms with Gasteiger partial charge < -0.3 is 21.4 Å². The number of nitrogens with two attached hydrogens (primary N) is 1. The molecule has 0 saturated heterocycles. The SMILES string of the molecule is Cc1[nH]c2c(C(N)=O)cccc2c1C1NC2=C(NC=CC=C2)C(NCc2ccccc2)N1. The van der Waals surface area contributed by atoms with Crippen LogP contribution in [0, 0.1) is 6.92 Å². The summed E-state index contributed by atoms with van der Waals surface area (Å²) in [5.74, 6) is -0.442. The van der Waals surface area contributed by atoms with Crippen molar-refractivity contribution in [2.45, 2.75) is 25.8 Å². The van der Waals surface area contributed by atoms with E-state index in [0.29, 0.717) is 5.56 Å². The Morgan fingerprint density at radius 1 is 1.09 bits per heavy atom. The molecule has 3 heterocycles. The first-order valence-corrected chi connectivity index (χ1v) is 10.7. The number of carbonyl (C=O) groups is 1. The summed E-state index contributed by atoms with van der Waals surface area (Å²) in [4.78, 5) is 15.3. The van der Waals surface area contributed by atoms with Gasteiger partial charge in [0, 0.05) is 29.4 Å². The largest absolute Gasteiger partial charge is 0.366 e. The van der Waals surface area contributed by atoms with Crippen molar-refractivity contribution in [3.63, 3.8) is 0 Å². The Labute approximate surface area is 186 Å². The number of amides is 1. The van der Waals surface area contributed by atoms with Gasteiger partial charge >= 0.3 is 0 Å². The van der Waals surface area contributed by atoms with Crippen LogP contribution < -0.4 is 27.0 Å². The summed E-state index contributed by atoms with van der Waals surface area (Å²) in [5, 5.41) is 15.3. The maximum Gasteiger partial charge on any atom is 0.250 e. The third kappa shape index (κ3) is 3.68. The van der Waals surface area contributed by atoms with E-state index in [1.807, 2.05) is 55.6 Å². The van der Waals surface area contributed by atoms with Crippen molar-refractivity contribution in [2.75, 3.05) is 0 Å². The van der Waals surface area contributed by atoms with E-state index < -0.39 is 5.91 Å². The number of allylic oxidation sites excluding steroid dienone is 3. The van der Waals surface area contributed by atoms with Gasteiger partial charge in [-0.15, -0.1) is 0 Å². The number of para-hydroxylation sites is 1. The fourth-order valence-electron chi connectivity index (χ4n) is 4.40. The molecular weight excluding hydrogens is 400 g/mol. The summed E-state index contributed by atoms with van der Waals surface area (Å²) in [7, 11) is 0. The van der Waals surface area contributed by atoms with E-state index in [1.54, 1.807) is 6.07 Å². The van der Waals surface area contributed by atoms with E-state index in [9.17, 15) is 4.79 Å². The minimum Gasteiger partial charge on any atom is -0.366 e. The molecule has 7 N–H and O–H groups in total. The molecule has 32 heavy (non-hydrogen) atoms. The van der Waals surface area contributed by atoms with Crippen molar-refractivity contribution in [3.8, 4) is 0 Å². The molecule has 2 aromatic carbocycles. The van der Waals surface area contributed by atoms with Gasteiger partial charge in [-0.2, -0.15) is 0 Å². The zero-order valence-electron chi connectivity index (χ0n) is 17.8. The molecule has 2 atom stereocenters. The molecule has 0 radical (unpaired) electrons. The minimum atomic E-state index is -0.442. The fourth-order valence-corrected chi connectivity index (χ4v) is 4.40. The van der Waals surface area contributed by atoms with Gasteiger partial charge in [0.25, 0.3) is 5.91 Å². The number of aromatic amines is 1. The molecular formula is C25H26N6O. The second kappa shape index (κ2) is 8.37. The van der Waals surface area contributed by atoms with Crippen LogP contribution in [0.25, 0.3) is 10.9 Å². The van der Waals surface area contributed by atoms with Gasteiger partial charge in [-0.05, 0) is 30.7 Å². The zero-order valence-corrected chi connectivity index (χ0v) is 17.8. The molecule has 0 fully saturated rings. The maximum absolute atomic E-state index is 11.9. The summed E-state index contributed by atoms with van der Waals surface area (Å²) in [6.45, 7) is 2.73. The van der Waals surface area contributed by atoms with Crippen LogP contribution in [0.3, 0.4) is 0 Å². The van der Waals surface area contributed by atoms with Gasteiger partial charge in [0.2, 0.25) is 0 Å². The Morgan fingerprint density at radius 2 is 1.94 bits per heavy atom. The van der Waals surface area contributed by atoms with Crippen LogP contribution in [0.4, 0.5) is 0 Å². The van der Waals surface area contributed by atoms with Crippen molar-refractivity contribution >= 4 is 16.8 Å². The van der Waals surface area contributed by atoms with E-state index in [2.05, 4.69) is 44.5 Å². The zero-order chi connectivity index (χ0) is 22.1. The summed E-state index contributed by atoms with van der Waals surface area (Å²) < 4.78 is 0. The lowest BCUT2D eigenvalue weighted by molar-refractivity contribution is 0.100. The average molecular weight is 427 g/mol. The smallest absolute Gasteiger partial charge is 0.250 e. The number of primary amides is 1. The number of hydrogen-bond donors (Lipinski definition) is 6. The minimum absolute atomic E-state index is 0.118. The Kier molecular flexibility index (Phi) is 5.26. The topological polar surface area (TPSA) is 107 Å². The van der Waals surface area contributed by atoms with Gasteiger partial charge in [-0.1, -0.05) is 48.5 Å². The van der Waals surface area contributed by atoms with Crippen molar-refractivity contribution in [3.05, 3.63) is 107 Å². The first-order chi connectivity index (χ1) is 15.6. The number of H-pyrrole nitrogens is 1. The van der Waals surface area contributed by atoms with E-state index >= 15 is 0 Å². The predicted molar refractivity (Wildman–Crippen MR) is 126 cm³/mol. The Bertz CT molecular complexity index is 1250. The molecule has 1 aromatic heterocycles. The highest BCUT2D eigenvalue weighted by Crippen LogP contribution is 2.31. The highest BCUT2D eigenvalue weighted by molar-refractivity contribution is 6.06. The first kappa shape index (κ1) is 20.1. The molecule has 0 aliphatic carbocycles. The predicted octanol–water partition coefficient (Wildman–Crippen LogP) is 2.77. The van der Waals surface area contributed by atoms with Crippen molar-refractivity contribution in [1.82, 2.24) is 26.3 Å². The Morgan fingerprint density at radius 3 is 2.75 bits per heavy atom. The summed E-state index contributed by atoms with van der Waals surface area (Å²) in [5.41, 5.74) is 12.1. The molecule has 7 heteroatoms. The average Bonchev–Trinajstić information content (AvgIpc) is 2.96. The van der Waals surface area contributed by atoms with E-state index in [-0.39, 0.29) is 12.3 Å². The summed E-state index contributed by atoms with van der Waals surface area (Å²) in [6.07, 6.45) is 7.67. The van der Waals surface area contributed by atoms with Crippen molar-refractivity contribution < 1.29 is 4.79 Å². The Hall–Kier alpha value is -3.81. The van der Waals surface area contributed by atoms with Crippen LogP contribution >= 0.6 is 0 Å². The van der Waals surface area contributed by atoms with Crippen LogP contribution in [0.15, 0.2) is 84.4 Å². The van der Waals surface area contributed by atoms with Gasteiger partial charge in [0.1, 0.15) is 12.3 Å². The van der Waals surface area contributed by atoms with Gasteiger partial charge in [0.05, 0.1) is 22.5 Å². The maximum atomic E-state index is 11.9. The number of rotatable bonds is 5. The lowest BCUT2D eigenvalue weighted by Crippen LogP contribution is -2.55. The highest BCUT2D eigenvalue weighted by atomic mass is 16.1. The molecule has 0 saturated carbocycles. The van der Waals surface area contributed by atoms with Crippen LogP contribution in [0.2, 0.25) is 0 Å². The van der Waals surface area contributed by atoms with Crippen molar-refractivity contribution in [2.24, 2.45) is 5.73 Å². The molecule has 1 amide bonds. The third-order valence-corrected chi connectivity index (χ3v) is 5.90. The van der Waals surface area contributed by atoms with Crippen LogP contribution in [-0.2, 0) is 6.54 Å². The summed E-state index contributed by atoms with van der Waals surface area (Å²) in [6, 6.07) is 16.0. The number of benzene rings is 2. The molecule has 162 valence electrons. The van der Waals surface area contributed by atoms with Crippen molar-refractivity contribution in [1.29, 1.82) is 0 Å². The number of fused-ring (bicyclic) bond motifs is 1. The molecule has 2 aliphatic rings. The molecule has 2 aliphatic heterocycles. The second-order valence-electron chi connectivity index (χ2n) is 7.99. The number of aryl methyl sites for hydroxylation is 1. The van der Waals surface area contributed by atoms with Crippen LogP contribution in [0.5, 0.6) is 0 Å². The first-order valence-electron chi connectivity index (χ1n) is 10.7. The van der Waals surface area contributed by atoms with E-state index in [0.717, 1.165) is 40.1 Å². The van der Waals surface area contributed by atoms with E-state index in [1.165, 1.54) is 5.56 Å². The van der Waals surface area contributed by atoms with Gasteiger partial charge in [0.15, 0.2) is 0 Å². The molecule has 3 aromatic rings. The highest BCUT2D eigenvalue weighted by Gasteiger charge is 2.31. The second-order valence-corrected chi connectivity index (χ2v) is 7.99. The van der Waals surface area contributed by atoms with Crippen LogP contribution in [0.1, 0.15) is 33.3 Å². The molecule has 5 rings (SSSR count). The fraction of sp³-hybridized carbons (Fsp3) is 0.160. The molecule has 0 bridgehead atoms. The van der Waals surface area contributed by atoms with Gasteiger partial charge in [-0.3, -0.25) is 15.4 Å². The van der Waals surface area contributed by atoms with E-state index in [4.69, 9.17) is 5.73 Å². The van der Waals surface area contributed by atoms with Crippen LogP contribution in [-0.4, -0.2) is 17.1 Å². The number of hydrogen-bond acceptors (Lipinski definition) is 5. The molecule has 7 nitrogen and oxygen atoms in total. The lowest BCUT2D eigenvalue weighted by Gasteiger charge is -2.36. The quantitative estimate of drug-likeness (QED) is 0.376. The normalized spacial score (nSPS) is 19.9. The lowest BCUT2D eigenvalue weighted by atomic mass is 10.0. The van der Waals surface area contributed by atoms with Gasteiger partial charge in [-0.25, -0.2) is 0 Å². The Balaban J connectivity index is 1.52. The number of carbonyl (C=O) groups excluding carboxylic acids is 1. The third-order valence-electron chi connectivity index (χ3n) is 5.90. The number of aromatic nitrogens is 1.